The zero-order valence-corrected chi connectivity index (χ0v) is 12.5. The van der Waals surface area contributed by atoms with Crippen LogP contribution in [0.5, 0.6) is 0 Å². The number of fused-ring (bicyclic) bond motifs is 1. The first kappa shape index (κ1) is 13.4. The summed E-state index contributed by atoms with van der Waals surface area (Å²) in [7, 11) is 2.01. The second-order valence-corrected chi connectivity index (χ2v) is 5.47. The third kappa shape index (κ3) is 2.30. The van der Waals surface area contributed by atoms with E-state index in [4.69, 9.17) is 0 Å². The molecule has 0 N–H and O–H groups in total. The van der Waals surface area contributed by atoms with Gasteiger partial charge in [-0.2, -0.15) is 5.26 Å². The van der Waals surface area contributed by atoms with E-state index < -0.39 is 0 Å². The molecule has 0 radical (unpaired) electrons. The molecule has 0 bridgehead atoms. The molecule has 104 valence electrons. The van der Waals surface area contributed by atoms with E-state index in [-0.39, 0.29) is 0 Å². The first-order valence-corrected chi connectivity index (χ1v) is 7.00. The molecule has 0 fully saturated rings. The van der Waals surface area contributed by atoms with E-state index in [0.29, 0.717) is 5.56 Å². The molecule has 0 amide bonds. The molecule has 0 saturated heterocycles. The van der Waals surface area contributed by atoms with Crippen LogP contribution in [-0.2, 0) is 13.5 Å². The number of aromatic nitrogens is 2. The lowest BCUT2D eigenvalue weighted by molar-refractivity contribution is 0.844. The molecular formula is C18H17N3. The maximum atomic E-state index is 9.19. The number of hydrogen-bond donors (Lipinski definition) is 0. The first-order valence-electron chi connectivity index (χ1n) is 7.00. The predicted molar refractivity (Wildman–Crippen MR) is 84.2 cm³/mol. The van der Waals surface area contributed by atoms with Gasteiger partial charge < -0.3 is 4.57 Å². The Morgan fingerprint density at radius 2 is 1.95 bits per heavy atom. The Hall–Kier alpha value is -2.60. The summed E-state index contributed by atoms with van der Waals surface area (Å²) in [5.41, 5.74) is 6.28. The Bertz CT molecular complexity index is 866. The largest absolute Gasteiger partial charge is 0.331 e. The summed E-state index contributed by atoms with van der Waals surface area (Å²) in [5.74, 6) is 0.982. The molecule has 3 nitrogen and oxygen atoms in total. The molecule has 0 aliphatic rings. The topological polar surface area (TPSA) is 41.6 Å². The minimum Gasteiger partial charge on any atom is -0.331 e. The normalized spacial score (nSPS) is 10.8. The van der Waals surface area contributed by atoms with Crippen molar-refractivity contribution in [3.8, 4) is 6.07 Å². The summed E-state index contributed by atoms with van der Waals surface area (Å²) < 4.78 is 2.07. The third-order valence-electron chi connectivity index (χ3n) is 4.06. The van der Waals surface area contributed by atoms with Crippen molar-refractivity contribution in [3.63, 3.8) is 0 Å². The average Bonchev–Trinajstić information content (AvgIpc) is 2.80. The van der Waals surface area contributed by atoms with Gasteiger partial charge in [-0.05, 0) is 42.7 Å². The summed E-state index contributed by atoms with van der Waals surface area (Å²) >= 11 is 0. The van der Waals surface area contributed by atoms with E-state index in [1.807, 2.05) is 25.2 Å². The molecule has 3 aromatic rings. The highest BCUT2D eigenvalue weighted by Crippen LogP contribution is 2.21. The monoisotopic (exact) mass is 275 g/mol. The molecule has 0 aliphatic heterocycles. The summed E-state index contributed by atoms with van der Waals surface area (Å²) in [6, 6.07) is 14.4. The van der Waals surface area contributed by atoms with Crippen molar-refractivity contribution in [1.82, 2.24) is 9.55 Å². The number of hydrogen-bond acceptors (Lipinski definition) is 2. The molecule has 1 aromatic heterocycles. The standard InChI is InChI=1S/C18H17N3/c1-12-7-8-14(9-13(12)2)10-17-20-18-15(11-19)5-4-6-16(18)21(17)3/h4-9H,10H2,1-3H3. The fourth-order valence-corrected chi connectivity index (χ4v) is 2.61. The maximum Gasteiger partial charge on any atom is 0.114 e. The van der Waals surface area contributed by atoms with E-state index in [2.05, 4.69) is 47.7 Å². The zero-order valence-electron chi connectivity index (χ0n) is 12.5. The minimum atomic E-state index is 0.634. The van der Waals surface area contributed by atoms with Crippen molar-refractivity contribution in [2.45, 2.75) is 20.3 Å². The van der Waals surface area contributed by atoms with Crippen LogP contribution in [0.4, 0.5) is 0 Å². The second-order valence-electron chi connectivity index (χ2n) is 5.47. The van der Waals surface area contributed by atoms with Crippen LogP contribution in [0.1, 0.15) is 28.1 Å². The van der Waals surface area contributed by atoms with E-state index in [1.54, 1.807) is 0 Å². The van der Waals surface area contributed by atoms with Crippen LogP contribution in [-0.4, -0.2) is 9.55 Å². The molecule has 0 atom stereocenters. The van der Waals surface area contributed by atoms with Crippen molar-refractivity contribution >= 4 is 11.0 Å². The second kappa shape index (κ2) is 5.06. The Kier molecular flexibility index (Phi) is 3.23. The summed E-state index contributed by atoms with van der Waals surface area (Å²) in [4.78, 5) is 4.67. The van der Waals surface area contributed by atoms with Crippen LogP contribution in [0.3, 0.4) is 0 Å². The molecule has 3 heteroatoms. The van der Waals surface area contributed by atoms with Gasteiger partial charge in [0.05, 0.1) is 11.1 Å². The van der Waals surface area contributed by atoms with E-state index in [1.165, 1.54) is 16.7 Å². The number of benzene rings is 2. The van der Waals surface area contributed by atoms with Crippen LogP contribution in [0.2, 0.25) is 0 Å². The fraction of sp³-hybridized carbons (Fsp3) is 0.222. The van der Waals surface area contributed by atoms with Gasteiger partial charge in [-0.25, -0.2) is 4.98 Å². The van der Waals surface area contributed by atoms with Gasteiger partial charge in [-0.3, -0.25) is 0 Å². The van der Waals surface area contributed by atoms with Crippen molar-refractivity contribution in [2.24, 2.45) is 7.05 Å². The average molecular weight is 275 g/mol. The molecule has 0 unspecified atom stereocenters. The number of nitrogens with zero attached hydrogens (tertiary/aromatic N) is 3. The van der Waals surface area contributed by atoms with Gasteiger partial charge in [0, 0.05) is 13.5 Å². The van der Waals surface area contributed by atoms with Gasteiger partial charge >= 0.3 is 0 Å². The molecule has 0 saturated carbocycles. The summed E-state index contributed by atoms with van der Waals surface area (Å²) in [6.45, 7) is 4.24. The number of imidazole rings is 1. The lowest BCUT2D eigenvalue weighted by Crippen LogP contribution is -1.99. The molecule has 0 aliphatic carbocycles. The lowest BCUT2D eigenvalue weighted by Gasteiger charge is -2.05. The molecule has 2 aromatic carbocycles. The van der Waals surface area contributed by atoms with Gasteiger partial charge in [0.25, 0.3) is 0 Å². The van der Waals surface area contributed by atoms with Crippen LogP contribution < -0.4 is 0 Å². The molecule has 0 spiro atoms. The number of para-hydroxylation sites is 1. The van der Waals surface area contributed by atoms with Crippen LogP contribution >= 0.6 is 0 Å². The quantitative estimate of drug-likeness (QED) is 0.716. The van der Waals surface area contributed by atoms with Crippen LogP contribution in [0, 0.1) is 25.2 Å². The molecular weight excluding hydrogens is 258 g/mol. The van der Waals surface area contributed by atoms with Crippen LogP contribution in [0.25, 0.3) is 11.0 Å². The smallest absolute Gasteiger partial charge is 0.114 e. The van der Waals surface area contributed by atoms with Crippen molar-refractivity contribution < 1.29 is 0 Å². The predicted octanol–water partition coefficient (Wildman–Crippen LogP) is 3.65. The van der Waals surface area contributed by atoms with Gasteiger partial charge in [0.2, 0.25) is 0 Å². The Morgan fingerprint density at radius 3 is 2.67 bits per heavy atom. The Morgan fingerprint density at radius 1 is 1.14 bits per heavy atom. The van der Waals surface area contributed by atoms with E-state index in [0.717, 1.165) is 23.3 Å². The van der Waals surface area contributed by atoms with E-state index in [9.17, 15) is 5.26 Å². The summed E-state index contributed by atoms with van der Waals surface area (Å²) in [6.07, 6.45) is 0.775. The van der Waals surface area contributed by atoms with Crippen molar-refractivity contribution in [3.05, 3.63) is 64.5 Å². The minimum absolute atomic E-state index is 0.634. The van der Waals surface area contributed by atoms with Gasteiger partial charge in [0.15, 0.2) is 0 Å². The van der Waals surface area contributed by atoms with E-state index >= 15 is 0 Å². The van der Waals surface area contributed by atoms with Gasteiger partial charge in [0.1, 0.15) is 17.4 Å². The highest BCUT2D eigenvalue weighted by molar-refractivity contribution is 5.82. The fourth-order valence-electron chi connectivity index (χ4n) is 2.61. The van der Waals surface area contributed by atoms with Crippen molar-refractivity contribution in [1.29, 1.82) is 5.26 Å². The van der Waals surface area contributed by atoms with Gasteiger partial charge in [-0.1, -0.05) is 24.3 Å². The van der Waals surface area contributed by atoms with Crippen LogP contribution in [0.15, 0.2) is 36.4 Å². The number of rotatable bonds is 2. The number of aryl methyl sites for hydroxylation is 3. The summed E-state index contributed by atoms with van der Waals surface area (Å²) in [5, 5.41) is 9.19. The molecule has 21 heavy (non-hydrogen) atoms. The highest BCUT2D eigenvalue weighted by Gasteiger charge is 2.11. The lowest BCUT2D eigenvalue weighted by atomic mass is 10.0. The zero-order chi connectivity index (χ0) is 15.0. The SMILES string of the molecule is Cc1ccc(Cc2nc3c(C#N)cccc3n2C)cc1C. The Labute approximate surface area is 124 Å². The number of nitriles is 1. The first-order chi connectivity index (χ1) is 10.1. The third-order valence-corrected chi connectivity index (χ3v) is 4.06. The Balaban J connectivity index is 2.07. The molecule has 1 heterocycles. The van der Waals surface area contributed by atoms with Crippen molar-refractivity contribution in [2.75, 3.05) is 0 Å². The maximum absolute atomic E-state index is 9.19. The van der Waals surface area contributed by atoms with Gasteiger partial charge in [-0.15, -0.1) is 0 Å². The molecule has 3 rings (SSSR count). The highest BCUT2D eigenvalue weighted by atomic mass is 15.1.